The zero-order valence-corrected chi connectivity index (χ0v) is 8.41. The Kier molecular flexibility index (Phi) is 3.16. The van der Waals surface area contributed by atoms with E-state index in [9.17, 15) is 17.6 Å². The highest BCUT2D eigenvalue weighted by molar-refractivity contribution is 9.10. The summed E-state index contributed by atoms with van der Waals surface area (Å²) in [4.78, 5) is 0. The molecule has 0 aliphatic rings. The maximum atomic E-state index is 13.2. The molecule has 1 nitrogen and oxygen atoms in total. The molecule has 0 atom stereocenters. The van der Waals surface area contributed by atoms with Crippen molar-refractivity contribution in [1.29, 1.82) is 0 Å². The van der Waals surface area contributed by atoms with E-state index in [1.165, 1.54) is 6.07 Å². The lowest BCUT2D eigenvalue weighted by Crippen LogP contribution is -2.12. The number of halogens is 5. The standard InChI is InChI=1S/C8H6BrF4N/c9-5-2-1-4(3-14)7(10)6(5)8(11,12)13/h1-2H,3,14H2. The smallest absolute Gasteiger partial charge is 0.326 e. The van der Waals surface area contributed by atoms with Crippen molar-refractivity contribution in [3.8, 4) is 0 Å². The normalized spacial score (nSPS) is 11.9. The predicted octanol–water partition coefficient (Wildman–Crippen LogP) is 3.07. The highest BCUT2D eigenvalue weighted by Gasteiger charge is 2.37. The van der Waals surface area contributed by atoms with Crippen molar-refractivity contribution in [1.82, 2.24) is 0 Å². The van der Waals surface area contributed by atoms with Crippen molar-refractivity contribution in [3.05, 3.63) is 33.5 Å². The van der Waals surface area contributed by atoms with Gasteiger partial charge in [-0.3, -0.25) is 0 Å². The monoisotopic (exact) mass is 271 g/mol. The van der Waals surface area contributed by atoms with Crippen LogP contribution in [0.2, 0.25) is 0 Å². The van der Waals surface area contributed by atoms with Gasteiger partial charge in [0.25, 0.3) is 0 Å². The quantitative estimate of drug-likeness (QED) is 0.781. The lowest BCUT2D eigenvalue weighted by atomic mass is 10.1. The molecule has 1 aromatic carbocycles. The number of hydrogen-bond donors (Lipinski definition) is 1. The van der Waals surface area contributed by atoms with Crippen LogP contribution in [0.1, 0.15) is 11.1 Å². The zero-order chi connectivity index (χ0) is 10.9. The van der Waals surface area contributed by atoms with Crippen LogP contribution < -0.4 is 5.73 Å². The Morgan fingerprint density at radius 2 is 1.86 bits per heavy atom. The van der Waals surface area contributed by atoms with Crippen LogP contribution in [0.25, 0.3) is 0 Å². The number of alkyl halides is 3. The molecule has 6 heteroatoms. The maximum absolute atomic E-state index is 13.2. The van der Waals surface area contributed by atoms with Gasteiger partial charge in [0.15, 0.2) is 0 Å². The first kappa shape index (κ1) is 11.5. The predicted molar refractivity (Wildman–Crippen MR) is 47.0 cm³/mol. The molecular formula is C8H6BrF4N. The average molecular weight is 272 g/mol. The highest BCUT2D eigenvalue weighted by atomic mass is 79.9. The van der Waals surface area contributed by atoms with E-state index in [0.29, 0.717) is 0 Å². The molecule has 0 aliphatic carbocycles. The van der Waals surface area contributed by atoms with Gasteiger partial charge in [-0.1, -0.05) is 22.0 Å². The fourth-order valence-electron chi connectivity index (χ4n) is 1.01. The molecule has 0 spiro atoms. The molecule has 0 amide bonds. The van der Waals surface area contributed by atoms with E-state index in [2.05, 4.69) is 15.9 Å². The average Bonchev–Trinajstić information content (AvgIpc) is 2.02. The van der Waals surface area contributed by atoms with E-state index in [-0.39, 0.29) is 16.6 Å². The van der Waals surface area contributed by atoms with Crippen LogP contribution in [-0.4, -0.2) is 0 Å². The van der Waals surface area contributed by atoms with E-state index in [1.54, 1.807) is 0 Å². The molecule has 0 heterocycles. The van der Waals surface area contributed by atoms with Gasteiger partial charge in [-0.15, -0.1) is 0 Å². The van der Waals surface area contributed by atoms with Crippen molar-refractivity contribution in [3.63, 3.8) is 0 Å². The molecule has 0 unspecified atom stereocenters. The van der Waals surface area contributed by atoms with Crippen molar-refractivity contribution >= 4 is 15.9 Å². The molecular weight excluding hydrogens is 266 g/mol. The van der Waals surface area contributed by atoms with Gasteiger partial charge in [-0.05, 0) is 6.07 Å². The van der Waals surface area contributed by atoms with Crippen LogP contribution in [0.15, 0.2) is 16.6 Å². The Morgan fingerprint density at radius 1 is 1.29 bits per heavy atom. The van der Waals surface area contributed by atoms with Crippen LogP contribution >= 0.6 is 15.9 Å². The summed E-state index contributed by atoms with van der Waals surface area (Å²) in [6, 6.07) is 2.35. The second kappa shape index (κ2) is 3.86. The van der Waals surface area contributed by atoms with E-state index >= 15 is 0 Å². The molecule has 0 aliphatic heterocycles. The zero-order valence-electron chi connectivity index (χ0n) is 6.83. The second-order valence-corrected chi connectivity index (χ2v) is 3.45. The Labute approximate surface area is 86.0 Å². The molecule has 14 heavy (non-hydrogen) atoms. The van der Waals surface area contributed by atoms with Crippen LogP contribution in [-0.2, 0) is 12.7 Å². The molecule has 1 aromatic rings. The summed E-state index contributed by atoms with van der Waals surface area (Å²) in [7, 11) is 0. The van der Waals surface area contributed by atoms with Crippen molar-refractivity contribution in [2.75, 3.05) is 0 Å². The maximum Gasteiger partial charge on any atom is 0.420 e. The third-order valence-electron chi connectivity index (χ3n) is 1.67. The SMILES string of the molecule is NCc1ccc(Br)c(C(F)(F)F)c1F. The summed E-state index contributed by atoms with van der Waals surface area (Å²) in [6.07, 6.45) is -4.71. The lowest BCUT2D eigenvalue weighted by molar-refractivity contribution is -0.140. The highest BCUT2D eigenvalue weighted by Crippen LogP contribution is 2.37. The Hall–Kier alpha value is -0.620. The Bertz CT molecular complexity index is 348. The minimum absolute atomic E-state index is 0.152. The first-order valence-corrected chi connectivity index (χ1v) is 4.41. The Balaban J connectivity index is 3.40. The summed E-state index contributed by atoms with van der Waals surface area (Å²) in [5.74, 6) is -1.31. The largest absolute Gasteiger partial charge is 0.420 e. The third kappa shape index (κ3) is 2.06. The summed E-state index contributed by atoms with van der Waals surface area (Å²) in [5, 5.41) is 0. The van der Waals surface area contributed by atoms with Gasteiger partial charge >= 0.3 is 6.18 Å². The summed E-state index contributed by atoms with van der Waals surface area (Å²) in [5.41, 5.74) is 3.63. The van der Waals surface area contributed by atoms with Gasteiger partial charge in [0.2, 0.25) is 0 Å². The van der Waals surface area contributed by atoms with E-state index < -0.39 is 17.6 Å². The number of nitrogens with two attached hydrogens (primary N) is 1. The van der Waals surface area contributed by atoms with Gasteiger partial charge < -0.3 is 5.73 Å². The summed E-state index contributed by atoms with van der Waals surface area (Å²) >= 11 is 2.65. The van der Waals surface area contributed by atoms with Crippen molar-refractivity contribution in [2.45, 2.75) is 12.7 Å². The van der Waals surface area contributed by atoms with E-state index in [1.807, 2.05) is 0 Å². The molecule has 0 fully saturated rings. The molecule has 0 aromatic heterocycles. The fourth-order valence-corrected chi connectivity index (χ4v) is 1.54. The first-order valence-electron chi connectivity index (χ1n) is 3.62. The molecule has 0 saturated heterocycles. The molecule has 2 N–H and O–H groups in total. The number of rotatable bonds is 1. The van der Waals surface area contributed by atoms with Gasteiger partial charge in [0, 0.05) is 16.6 Å². The van der Waals surface area contributed by atoms with Crippen LogP contribution in [0.3, 0.4) is 0 Å². The third-order valence-corrected chi connectivity index (χ3v) is 2.34. The van der Waals surface area contributed by atoms with Gasteiger partial charge in [-0.2, -0.15) is 13.2 Å². The summed E-state index contributed by atoms with van der Waals surface area (Å²) < 4.78 is 49.8. The molecule has 0 saturated carbocycles. The number of benzene rings is 1. The van der Waals surface area contributed by atoms with Crippen LogP contribution in [0, 0.1) is 5.82 Å². The topological polar surface area (TPSA) is 26.0 Å². The first-order chi connectivity index (χ1) is 6.38. The van der Waals surface area contributed by atoms with Gasteiger partial charge in [-0.25, -0.2) is 4.39 Å². The van der Waals surface area contributed by atoms with Crippen LogP contribution in [0.4, 0.5) is 17.6 Å². The fraction of sp³-hybridized carbons (Fsp3) is 0.250. The van der Waals surface area contributed by atoms with Gasteiger partial charge in [0.05, 0.1) is 0 Å². The molecule has 78 valence electrons. The lowest BCUT2D eigenvalue weighted by Gasteiger charge is -2.12. The van der Waals surface area contributed by atoms with Crippen molar-refractivity contribution in [2.24, 2.45) is 5.73 Å². The molecule has 0 radical (unpaired) electrons. The molecule has 1 rings (SSSR count). The second-order valence-electron chi connectivity index (χ2n) is 2.60. The summed E-state index contributed by atoms with van der Waals surface area (Å²) in [6.45, 7) is -0.262. The van der Waals surface area contributed by atoms with Gasteiger partial charge in [0.1, 0.15) is 11.4 Å². The minimum atomic E-state index is -4.71. The number of hydrogen-bond acceptors (Lipinski definition) is 1. The van der Waals surface area contributed by atoms with E-state index in [4.69, 9.17) is 5.73 Å². The Morgan fingerprint density at radius 3 is 2.29 bits per heavy atom. The van der Waals surface area contributed by atoms with Crippen molar-refractivity contribution < 1.29 is 17.6 Å². The minimum Gasteiger partial charge on any atom is -0.326 e. The molecule has 0 bridgehead atoms. The van der Waals surface area contributed by atoms with Crippen LogP contribution in [0.5, 0.6) is 0 Å². The van der Waals surface area contributed by atoms with E-state index in [0.717, 1.165) is 6.07 Å².